The normalized spacial score (nSPS) is 16.2. The van der Waals surface area contributed by atoms with E-state index in [-0.39, 0.29) is 5.54 Å². The largest absolute Gasteiger partial charge is 0.465 e. The van der Waals surface area contributed by atoms with Gasteiger partial charge in [0.05, 0.1) is 23.4 Å². The Bertz CT molecular complexity index is 598. The molecular formula is C17H23ClN2O2S. The van der Waals surface area contributed by atoms with Crippen LogP contribution in [0.1, 0.15) is 49.9 Å². The summed E-state index contributed by atoms with van der Waals surface area (Å²) in [5.41, 5.74) is 1.07. The van der Waals surface area contributed by atoms with Crippen LogP contribution in [0.2, 0.25) is 5.02 Å². The van der Waals surface area contributed by atoms with Crippen LogP contribution in [0.5, 0.6) is 0 Å². The standard InChI is InChI=1S/C17H23ClN2O2S/c1-11(2)17(8-4-5-9-17)20-16(23)19-14-10-12(15(21)22-3)6-7-13(14)18/h6-7,10-11H,4-5,8-9H2,1-3H3,(H2,19,20,23). The van der Waals surface area contributed by atoms with Crippen molar-refractivity contribution in [3.63, 3.8) is 0 Å². The lowest BCUT2D eigenvalue weighted by atomic mass is 9.85. The number of carbonyl (C=O) groups excluding carboxylic acids is 1. The van der Waals surface area contributed by atoms with Crippen molar-refractivity contribution in [2.45, 2.75) is 45.1 Å². The number of ether oxygens (including phenoxy) is 1. The molecule has 23 heavy (non-hydrogen) atoms. The third-order valence-electron chi connectivity index (χ3n) is 4.60. The Morgan fingerprint density at radius 3 is 2.57 bits per heavy atom. The molecule has 0 unspecified atom stereocenters. The van der Waals surface area contributed by atoms with Gasteiger partial charge >= 0.3 is 5.97 Å². The first-order valence-corrected chi connectivity index (χ1v) is 8.63. The molecule has 1 saturated carbocycles. The van der Waals surface area contributed by atoms with Crippen LogP contribution in [-0.2, 0) is 4.74 Å². The molecule has 0 saturated heterocycles. The van der Waals surface area contributed by atoms with Crippen molar-refractivity contribution in [1.29, 1.82) is 0 Å². The predicted octanol–water partition coefficient (Wildman–Crippen LogP) is 4.38. The Hall–Kier alpha value is -1.33. The molecule has 0 spiro atoms. The number of hydrogen-bond donors (Lipinski definition) is 2. The average molecular weight is 355 g/mol. The summed E-state index contributed by atoms with van der Waals surface area (Å²) in [6, 6.07) is 4.94. The molecule has 0 aromatic heterocycles. The number of hydrogen-bond acceptors (Lipinski definition) is 3. The monoisotopic (exact) mass is 354 g/mol. The number of benzene rings is 1. The van der Waals surface area contributed by atoms with E-state index in [1.165, 1.54) is 20.0 Å². The third kappa shape index (κ3) is 4.15. The molecule has 2 rings (SSSR count). The minimum atomic E-state index is -0.405. The summed E-state index contributed by atoms with van der Waals surface area (Å²) in [6.45, 7) is 4.43. The van der Waals surface area contributed by atoms with E-state index < -0.39 is 5.97 Å². The van der Waals surface area contributed by atoms with E-state index in [0.717, 1.165) is 12.8 Å². The van der Waals surface area contributed by atoms with E-state index in [1.54, 1.807) is 18.2 Å². The Balaban J connectivity index is 2.12. The summed E-state index contributed by atoms with van der Waals surface area (Å²) in [6.07, 6.45) is 4.66. The molecule has 1 aliphatic carbocycles. The van der Waals surface area contributed by atoms with Crippen molar-refractivity contribution in [3.05, 3.63) is 28.8 Å². The molecular weight excluding hydrogens is 332 g/mol. The lowest BCUT2D eigenvalue weighted by Gasteiger charge is -2.36. The van der Waals surface area contributed by atoms with Crippen molar-refractivity contribution in [3.8, 4) is 0 Å². The zero-order valence-electron chi connectivity index (χ0n) is 13.7. The van der Waals surface area contributed by atoms with E-state index in [0.29, 0.717) is 27.3 Å². The first kappa shape index (κ1) is 18.0. The van der Waals surface area contributed by atoms with E-state index in [1.807, 2.05) is 0 Å². The number of thiocarbonyl (C=S) groups is 1. The van der Waals surface area contributed by atoms with Gasteiger partial charge in [-0.05, 0) is 49.2 Å². The summed E-state index contributed by atoms with van der Waals surface area (Å²) < 4.78 is 4.73. The molecule has 0 radical (unpaired) electrons. The van der Waals surface area contributed by atoms with Gasteiger partial charge < -0.3 is 15.4 Å². The minimum absolute atomic E-state index is 0.0382. The molecule has 0 bridgehead atoms. The molecule has 1 aliphatic rings. The fourth-order valence-corrected chi connectivity index (χ4v) is 3.58. The Morgan fingerprint density at radius 1 is 1.35 bits per heavy atom. The van der Waals surface area contributed by atoms with E-state index in [9.17, 15) is 4.79 Å². The van der Waals surface area contributed by atoms with Gasteiger partial charge in [0.25, 0.3) is 0 Å². The Labute approximate surface area is 147 Å². The third-order valence-corrected chi connectivity index (χ3v) is 5.13. The minimum Gasteiger partial charge on any atom is -0.465 e. The predicted molar refractivity (Wildman–Crippen MR) is 98.2 cm³/mol. The maximum Gasteiger partial charge on any atom is 0.337 e. The number of anilines is 1. The molecule has 1 aromatic carbocycles. The van der Waals surface area contributed by atoms with Crippen LogP contribution in [0.4, 0.5) is 5.69 Å². The van der Waals surface area contributed by atoms with Crippen molar-refractivity contribution < 1.29 is 9.53 Å². The lowest BCUT2D eigenvalue weighted by molar-refractivity contribution is 0.0601. The van der Waals surface area contributed by atoms with E-state index in [4.69, 9.17) is 28.6 Å². The second-order valence-electron chi connectivity index (χ2n) is 6.28. The topological polar surface area (TPSA) is 50.4 Å². The van der Waals surface area contributed by atoms with Crippen LogP contribution in [0.15, 0.2) is 18.2 Å². The molecule has 0 heterocycles. The highest BCUT2D eigenvalue weighted by Gasteiger charge is 2.37. The van der Waals surface area contributed by atoms with Crippen LogP contribution >= 0.6 is 23.8 Å². The number of rotatable bonds is 4. The fraction of sp³-hybridized carbons (Fsp3) is 0.529. The molecule has 6 heteroatoms. The highest BCUT2D eigenvalue weighted by molar-refractivity contribution is 7.80. The summed E-state index contributed by atoms with van der Waals surface area (Å²) in [5.74, 6) is 0.0830. The molecule has 0 amide bonds. The molecule has 4 nitrogen and oxygen atoms in total. The van der Waals surface area contributed by atoms with Crippen LogP contribution in [0.3, 0.4) is 0 Å². The van der Waals surface area contributed by atoms with Crippen molar-refractivity contribution in [1.82, 2.24) is 5.32 Å². The zero-order valence-corrected chi connectivity index (χ0v) is 15.3. The highest BCUT2D eigenvalue weighted by atomic mass is 35.5. The molecule has 126 valence electrons. The molecule has 1 fully saturated rings. The summed E-state index contributed by atoms with van der Waals surface area (Å²) in [7, 11) is 1.35. The number of methoxy groups -OCH3 is 1. The second kappa shape index (κ2) is 7.49. The second-order valence-corrected chi connectivity index (χ2v) is 7.10. The summed E-state index contributed by atoms with van der Waals surface area (Å²) in [4.78, 5) is 11.6. The average Bonchev–Trinajstić information content (AvgIpc) is 2.98. The lowest BCUT2D eigenvalue weighted by Crippen LogP contribution is -2.51. The first-order chi connectivity index (χ1) is 10.9. The number of carbonyl (C=O) groups is 1. The Morgan fingerprint density at radius 2 is 2.00 bits per heavy atom. The van der Waals surface area contributed by atoms with Crippen molar-refractivity contribution in [2.24, 2.45) is 5.92 Å². The number of nitrogens with one attached hydrogen (secondary N) is 2. The van der Waals surface area contributed by atoms with E-state index in [2.05, 4.69) is 24.5 Å². The van der Waals surface area contributed by atoms with Gasteiger partial charge in [0, 0.05) is 5.54 Å². The van der Waals surface area contributed by atoms with Gasteiger partial charge in [0.1, 0.15) is 0 Å². The van der Waals surface area contributed by atoms with Gasteiger partial charge in [-0.25, -0.2) is 4.79 Å². The van der Waals surface area contributed by atoms with Crippen LogP contribution < -0.4 is 10.6 Å². The number of halogens is 1. The van der Waals surface area contributed by atoms with Crippen LogP contribution in [0.25, 0.3) is 0 Å². The SMILES string of the molecule is COC(=O)c1ccc(Cl)c(NC(=S)NC2(C(C)C)CCCC2)c1. The molecule has 0 atom stereocenters. The maximum atomic E-state index is 11.6. The number of esters is 1. The summed E-state index contributed by atoms with van der Waals surface area (Å²) >= 11 is 11.7. The van der Waals surface area contributed by atoms with Crippen LogP contribution in [0, 0.1) is 5.92 Å². The van der Waals surface area contributed by atoms with Crippen LogP contribution in [-0.4, -0.2) is 23.7 Å². The highest BCUT2D eigenvalue weighted by Crippen LogP contribution is 2.36. The Kier molecular flexibility index (Phi) is 5.87. The first-order valence-electron chi connectivity index (χ1n) is 7.85. The molecule has 1 aromatic rings. The van der Waals surface area contributed by atoms with Crippen molar-refractivity contribution in [2.75, 3.05) is 12.4 Å². The summed E-state index contributed by atoms with van der Waals surface area (Å²) in [5, 5.41) is 7.63. The van der Waals surface area contributed by atoms with Gasteiger partial charge in [-0.3, -0.25) is 0 Å². The van der Waals surface area contributed by atoms with Gasteiger partial charge in [0.15, 0.2) is 5.11 Å². The van der Waals surface area contributed by atoms with E-state index >= 15 is 0 Å². The molecule has 0 aliphatic heterocycles. The van der Waals surface area contributed by atoms with Crippen molar-refractivity contribution >= 4 is 40.6 Å². The van der Waals surface area contributed by atoms with Gasteiger partial charge in [-0.1, -0.05) is 38.3 Å². The fourth-order valence-electron chi connectivity index (χ4n) is 3.10. The smallest absolute Gasteiger partial charge is 0.337 e. The zero-order chi connectivity index (χ0) is 17.0. The quantitative estimate of drug-likeness (QED) is 0.620. The molecule has 2 N–H and O–H groups in total. The van der Waals surface area contributed by atoms with Gasteiger partial charge in [0.2, 0.25) is 0 Å². The maximum absolute atomic E-state index is 11.6. The van der Waals surface area contributed by atoms with Gasteiger partial charge in [-0.15, -0.1) is 0 Å². The van der Waals surface area contributed by atoms with Gasteiger partial charge in [-0.2, -0.15) is 0 Å².